The monoisotopic (exact) mass is 724 g/mol. The van der Waals surface area contributed by atoms with E-state index >= 15 is 0 Å². The van der Waals surface area contributed by atoms with Gasteiger partial charge in [0.1, 0.15) is 40.4 Å². The summed E-state index contributed by atoms with van der Waals surface area (Å²) in [5, 5.41) is 25.6. The Kier molecular flexibility index (Phi) is 10.5. The second-order valence-electron chi connectivity index (χ2n) is 15.1. The minimum absolute atomic E-state index is 0.0340. The van der Waals surface area contributed by atoms with Gasteiger partial charge in [0, 0.05) is 35.6 Å². The Bertz CT molecular complexity index is 1920. The molecule has 0 spiro atoms. The Labute approximate surface area is 309 Å². The van der Waals surface area contributed by atoms with Crippen LogP contribution in [0, 0.1) is 11.8 Å². The number of nitrogens with zero attached hydrogens (tertiary/aromatic N) is 4. The van der Waals surface area contributed by atoms with Gasteiger partial charge in [0.2, 0.25) is 11.8 Å². The average Bonchev–Trinajstić information content (AvgIpc) is 3.43. The standard InChI is InChI=1S/C40H48N6O7/c1-7-28-22-40(28,37(49)50)42-35(47)30-21-29-23-45(30)36(48)32(24(2)3)41-38(51)53-39(4,5)19-13-9-12-16-26-20-27(17-18-31(26)52-6)34-33(43-46(29)44-34)25-14-10-8-11-15-25/h7-8,10-12,14-18,20,24,28-30,32H,1,9,13,19,21-23H2,2-6H3,(H,41,51)(H,42,47)(H,49,50)/b16-12-/t28-,29-,30+,32+,40-/m1/s1. The predicted molar refractivity (Wildman–Crippen MR) is 199 cm³/mol. The lowest BCUT2D eigenvalue weighted by atomic mass is 10.00. The fourth-order valence-electron chi connectivity index (χ4n) is 7.28. The van der Waals surface area contributed by atoms with Crippen LogP contribution in [0.5, 0.6) is 5.75 Å². The lowest BCUT2D eigenvalue weighted by molar-refractivity contribution is -0.146. The van der Waals surface area contributed by atoms with Gasteiger partial charge in [-0.15, -0.1) is 6.58 Å². The van der Waals surface area contributed by atoms with Crippen LogP contribution in [0.3, 0.4) is 0 Å². The quantitative estimate of drug-likeness (QED) is 0.262. The van der Waals surface area contributed by atoms with Gasteiger partial charge >= 0.3 is 12.1 Å². The molecule has 53 heavy (non-hydrogen) atoms. The molecule has 280 valence electrons. The predicted octanol–water partition coefficient (Wildman–Crippen LogP) is 5.63. The Morgan fingerprint density at radius 2 is 1.83 bits per heavy atom. The number of hydrogen-bond donors (Lipinski definition) is 3. The number of ether oxygens (including phenoxy) is 2. The second kappa shape index (κ2) is 14.9. The number of carbonyl (C=O) groups excluding carboxylic acids is 3. The number of carboxylic acid groups (broad SMARTS) is 1. The molecule has 1 saturated heterocycles. The van der Waals surface area contributed by atoms with E-state index in [-0.39, 0.29) is 25.3 Å². The number of cyclic esters (lactones) is 1. The van der Waals surface area contributed by atoms with Crippen molar-refractivity contribution in [2.45, 2.75) is 89.1 Å². The van der Waals surface area contributed by atoms with Crippen molar-refractivity contribution in [3.05, 3.63) is 72.8 Å². The number of nitrogens with one attached hydrogen (secondary N) is 2. The molecular weight excluding hydrogens is 676 g/mol. The maximum absolute atomic E-state index is 14.5. The van der Waals surface area contributed by atoms with E-state index in [2.05, 4.69) is 23.3 Å². The molecule has 3 heterocycles. The third-order valence-electron chi connectivity index (χ3n) is 10.4. The van der Waals surface area contributed by atoms with Crippen molar-refractivity contribution in [2.24, 2.45) is 11.8 Å². The number of aromatic nitrogens is 3. The van der Waals surface area contributed by atoms with Crippen molar-refractivity contribution < 1.29 is 33.8 Å². The first kappa shape index (κ1) is 37.3. The number of fused-ring (bicyclic) bond motifs is 8. The van der Waals surface area contributed by atoms with Crippen LogP contribution in [-0.2, 0) is 19.1 Å². The van der Waals surface area contributed by atoms with Gasteiger partial charge < -0.3 is 30.1 Å². The summed E-state index contributed by atoms with van der Waals surface area (Å²) >= 11 is 0. The smallest absolute Gasteiger partial charge is 0.408 e. The van der Waals surface area contributed by atoms with E-state index in [0.29, 0.717) is 23.6 Å². The van der Waals surface area contributed by atoms with Crippen LogP contribution in [0.2, 0.25) is 0 Å². The van der Waals surface area contributed by atoms with Crippen molar-refractivity contribution in [1.29, 1.82) is 0 Å². The number of hydrogen-bond acceptors (Lipinski definition) is 8. The minimum atomic E-state index is -1.50. The zero-order chi connectivity index (χ0) is 38.1. The Hall–Kier alpha value is -5.46. The van der Waals surface area contributed by atoms with Gasteiger partial charge in [-0.05, 0) is 63.6 Å². The molecule has 3 aromatic rings. The molecule has 1 aliphatic carbocycles. The number of carbonyl (C=O) groups is 4. The largest absolute Gasteiger partial charge is 0.496 e. The van der Waals surface area contributed by atoms with Crippen molar-refractivity contribution >= 4 is 30.0 Å². The van der Waals surface area contributed by atoms with E-state index < -0.39 is 59.1 Å². The number of alkyl carbamates (subject to hydrolysis) is 1. The van der Waals surface area contributed by atoms with Gasteiger partial charge in [0.15, 0.2) is 0 Å². The average molecular weight is 725 g/mol. The maximum Gasteiger partial charge on any atom is 0.408 e. The van der Waals surface area contributed by atoms with E-state index in [1.807, 2.05) is 68.5 Å². The summed E-state index contributed by atoms with van der Waals surface area (Å²) in [5.41, 5.74) is 1.38. The highest BCUT2D eigenvalue weighted by Gasteiger charge is 2.61. The van der Waals surface area contributed by atoms with E-state index in [9.17, 15) is 24.3 Å². The number of allylic oxidation sites excluding steroid dienone is 1. The van der Waals surface area contributed by atoms with Gasteiger partial charge in [-0.1, -0.05) is 62.4 Å². The first-order valence-electron chi connectivity index (χ1n) is 18.1. The molecule has 6 bridgehead atoms. The zero-order valence-corrected chi connectivity index (χ0v) is 30.9. The molecule has 0 unspecified atom stereocenters. The van der Waals surface area contributed by atoms with Crippen molar-refractivity contribution in [2.75, 3.05) is 13.7 Å². The molecule has 3 N–H and O–H groups in total. The maximum atomic E-state index is 14.5. The molecule has 3 amide bonds. The Balaban J connectivity index is 1.46. The van der Waals surface area contributed by atoms with Crippen LogP contribution in [-0.4, -0.2) is 85.8 Å². The third kappa shape index (κ3) is 7.69. The van der Waals surface area contributed by atoms with Gasteiger partial charge in [-0.25, -0.2) is 9.59 Å². The lowest BCUT2D eigenvalue weighted by Crippen LogP contribution is -2.57. The number of aliphatic carboxylic acids is 1. The van der Waals surface area contributed by atoms with Crippen LogP contribution < -0.4 is 15.4 Å². The molecule has 6 rings (SSSR count). The molecule has 2 aromatic carbocycles. The summed E-state index contributed by atoms with van der Waals surface area (Å²) in [7, 11) is 1.62. The van der Waals surface area contributed by atoms with Crippen molar-refractivity contribution in [3.63, 3.8) is 0 Å². The van der Waals surface area contributed by atoms with Gasteiger partial charge in [-0.3, -0.25) is 9.59 Å². The number of rotatable bonds is 7. The molecule has 1 saturated carbocycles. The number of amides is 3. The fraction of sp³-hybridized carbons (Fsp3) is 0.450. The molecule has 2 fully saturated rings. The summed E-state index contributed by atoms with van der Waals surface area (Å²) < 4.78 is 11.5. The molecule has 13 nitrogen and oxygen atoms in total. The molecular formula is C40H48N6O7. The summed E-state index contributed by atoms with van der Waals surface area (Å²) in [4.78, 5) is 57.2. The SMILES string of the molecule is C=C[C@@H]1C[C@]1(NC(=O)[C@@H]1C[C@@H]2CN1C(=O)[C@H](C(C)C)NC(=O)OC(C)(C)CCC/C=C\c1cc(ccc1OC)-c1nn2nc1-c1ccccc1)C(=O)O. The normalized spacial score (nSPS) is 26.2. The molecule has 0 radical (unpaired) electrons. The van der Waals surface area contributed by atoms with E-state index in [0.717, 1.165) is 29.5 Å². The number of benzene rings is 2. The minimum Gasteiger partial charge on any atom is -0.496 e. The first-order valence-corrected chi connectivity index (χ1v) is 18.1. The first-order chi connectivity index (χ1) is 25.3. The van der Waals surface area contributed by atoms with Crippen LogP contribution in [0.1, 0.15) is 71.4 Å². The van der Waals surface area contributed by atoms with Crippen LogP contribution in [0.4, 0.5) is 4.79 Å². The van der Waals surface area contributed by atoms with Crippen molar-refractivity contribution in [1.82, 2.24) is 30.5 Å². The van der Waals surface area contributed by atoms with Crippen LogP contribution in [0.25, 0.3) is 28.6 Å². The highest BCUT2D eigenvalue weighted by Crippen LogP contribution is 2.45. The number of carboxylic acids is 1. The lowest BCUT2D eigenvalue weighted by Gasteiger charge is -2.32. The van der Waals surface area contributed by atoms with E-state index in [1.165, 1.54) is 11.0 Å². The topological polar surface area (TPSA) is 165 Å². The summed E-state index contributed by atoms with van der Waals surface area (Å²) in [6.07, 6.45) is 7.16. The van der Waals surface area contributed by atoms with Crippen LogP contribution >= 0.6 is 0 Å². The summed E-state index contributed by atoms with van der Waals surface area (Å²) in [6.45, 7) is 11.0. The Morgan fingerprint density at radius 1 is 1.11 bits per heavy atom. The van der Waals surface area contributed by atoms with Gasteiger partial charge in [-0.2, -0.15) is 15.0 Å². The fourth-order valence-corrected chi connectivity index (χ4v) is 7.28. The molecule has 1 aromatic heterocycles. The van der Waals surface area contributed by atoms with Crippen molar-refractivity contribution in [3.8, 4) is 28.3 Å². The van der Waals surface area contributed by atoms with E-state index in [1.54, 1.807) is 25.8 Å². The molecule has 13 heteroatoms. The summed E-state index contributed by atoms with van der Waals surface area (Å²) in [5.74, 6) is -2.40. The third-order valence-corrected chi connectivity index (χ3v) is 10.4. The molecule has 3 aliphatic rings. The Morgan fingerprint density at radius 3 is 2.47 bits per heavy atom. The van der Waals surface area contributed by atoms with Crippen LogP contribution in [0.15, 0.2) is 67.3 Å². The second-order valence-corrected chi connectivity index (χ2v) is 15.1. The molecule has 2 aliphatic heterocycles. The summed E-state index contributed by atoms with van der Waals surface area (Å²) in [6, 6.07) is 12.8. The number of methoxy groups -OCH3 is 1. The van der Waals surface area contributed by atoms with Gasteiger partial charge in [0.25, 0.3) is 0 Å². The van der Waals surface area contributed by atoms with Gasteiger partial charge in [0.05, 0.1) is 13.2 Å². The van der Waals surface area contributed by atoms with E-state index in [4.69, 9.17) is 19.7 Å². The highest BCUT2D eigenvalue weighted by atomic mass is 16.6. The zero-order valence-electron chi connectivity index (χ0n) is 30.9. The molecule has 5 atom stereocenters. The highest BCUT2D eigenvalue weighted by molar-refractivity contribution is 5.96.